The zero-order valence-electron chi connectivity index (χ0n) is 17.9. The summed E-state index contributed by atoms with van der Waals surface area (Å²) in [7, 11) is 0. The molecule has 0 aliphatic heterocycles. The van der Waals surface area contributed by atoms with Crippen molar-refractivity contribution in [2.24, 2.45) is 5.41 Å². The van der Waals surface area contributed by atoms with Crippen LogP contribution in [-0.4, -0.2) is 22.8 Å². The first-order valence-corrected chi connectivity index (χ1v) is 10.2. The van der Waals surface area contributed by atoms with Gasteiger partial charge in [-0.2, -0.15) is 0 Å². The van der Waals surface area contributed by atoms with Gasteiger partial charge in [-0.15, -0.1) is 0 Å². The van der Waals surface area contributed by atoms with E-state index in [1.54, 1.807) is 36.4 Å². The molecule has 32 heavy (non-hydrogen) atoms. The Balaban J connectivity index is 1.62. The van der Waals surface area contributed by atoms with Crippen molar-refractivity contribution in [1.82, 2.24) is 0 Å². The number of anilines is 1. The highest BCUT2D eigenvalue weighted by Gasteiger charge is 2.30. The van der Waals surface area contributed by atoms with Crippen molar-refractivity contribution in [3.05, 3.63) is 89.7 Å². The van der Waals surface area contributed by atoms with Crippen molar-refractivity contribution in [2.75, 3.05) is 5.32 Å². The smallest absolute Gasteiger partial charge is 0.309 e. The molecule has 164 valence electrons. The largest absolute Gasteiger partial charge is 0.481 e. The molecule has 0 unspecified atom stereocenters. The zero-order valence-corrected chi connectivity index (χ0v) is 17.9. The minimum absolute atomic E-state index is 0.0754. The molecule has 0 fully saturated rings. The molecule has 3 aromatic carbocycles. The Hall–Kier alpha value is -3.80. The highest BCUT2D eigenvalue weighted by atomic mass is 19.1. The number of hydrogen-bond donors (Lipinski definition) is 2. The summed E-state index contributed by atoms with van der Waals surface area (Å²) >= 11 is 0. The maximum atomic E-state index is 13.0. The SMILES string of the molecule is CC(C)(CC(=O)c1ccc(-c2ccc(NC(=O)Cc3ccc(F)cc3)cc2)cc1)C(=O)O. The Labute approximate surface area is 185 Å². The van der Waals surface area contributed by atoms with E-state index in [4.69, 9.17) is 0 Å². The van der Waals surface area contributed by atoms with Crippen molar-refractivity contribution in [3.8, 4) is 11.1 Å². The average molecular weight is 433 g/mol. The number of amides is 1. The van der Waals surface area contributed by atoms with Gasteiger partial charge in [0, 0.05) is 17.7 Å². The van der Waals surface area contributed by atoms with Gasteiger partial charge in [0.1, 0.15) is 5.82 Å². The van der Waals surface area contributed by atoms with Crippen LogP contribution in [0.15, 0.2) is 72.8 Å². The number of carbonyl (C=O) groups is 3. The van der Waals surface area contributed by atoms with Gasteiger partial charge in [0.15, 0.2) is 5.78 Å². The molecular formula is C26H24FNO4. The van der Waals surface area contributed by atoms with Crippen molar-refractivity contribution in [1.29, 1.82) is 0 Å². The highest BCUT2D eigenvalue weighted by Crippen LogP contribution is 2.26. The number of rotatable bonds is 8. The number of carbonyl (C=O) groups excluding carboxylic acids is 2. The molecule has 1 amide bonds. The maximum Gasteiger partial charge on any atom is 0.309 e. The van der Waals surface area contributed by atoms with E-state index < -0.39 is 11.4 Å². The van der Waals surface area contributed by atoms with E-state index >= 15 is 0 Å². The van der Waals surface area contributed by atoms with E-state index in [9.17, 15) is 23.9 Å². The molecule has 0 radical (unpaired) electrons. The Bertz CT molecular complexity index is 1120. The summed E-state index contributed by atoms with van der Waals surface area (Å²) in [6.45, 7) is 3.06. The summed E-state index contributed by atoms with van der Waals surface area (Å²) in [5.74, 6) is -1.77. The third kappa shape index (κ3) is 5.88. The van der Waals surface area contributed by atoms with Gasteiger partial charge in [0.25, 0.3) is 0 Å². The molecule has 0 aliphatic carbocycles. The first-order chi connectivity index (χ1) is 15.1. The Morgan fingerprint density at radius 1 is 0.844 bits per heavy atom. The normalized spacial score (nSPS) is 11.1. The van der Waals surface area contributed by atoms with Gasteiger partial charge in [-0.3, -0.25) is 14.4 Å². The topological polar surface area (TPSA) is 83.5 Å². The molecule has 0 heterocycles. The van der Waals surface area contributed by atoms with Crippen LogP contribution in [0, 0.1) is 11.2 Å². The number of halogens is 1. The Kier molecular flexibility index (Phi) is 6.83. The minimum Gasteiger partial charge on any atom is -0.481 e. The monoisotopic (exact) mass is 433 g/mol. The van der Waals surface area contributed by atoms with Gasteiger partial charge in [0.2, 0.25) is 5.91 Å². The quantitative estimate of drug-likeness (QED) is 0.469. The van der Waals surface area contributed by atoms with Crippen LogP contribution < -0.4 is 5.32 Å². The summed E-state index contributed by atoms with van der Waals surface area (Å²) in [6, 6.07) is 20.1. The molecular weight excluding hydrogens is 409 g/mol. The summed E-state index contributed by atoms with van der Waals surface area (Å²) in [5, 5.41) is 12.0. The number of carboxylic acids is 1. The number of hydrogen-bond acceptors (Lipinski definition) is 3. The van der Waals surface area contributed by atoms with Crippen molar-refractivity contribution >= 4 is 23.3 Å². The van der Waals surface area contributed by atoms with Gasteiger partial charge in [-0.25, -0.2) is 4.39 Å². The van der Waals surface area contributed by atoms with E-state index in [1.165, 1.54) is 26.0 Å². The van der Waals surface area contributed by atoms with E-state index in [0.717, 1.165) is 16.7 Å². The maximum absolute atomic E-state index is 13.0. The molecule has 0 aromatic heterocycles. The zero-order chi connectivity index (χ0) is 23.3. The summed E-state index contributed by atoms with van der Waals surface area (Å²) in [5.41, 5.74) is 2.51. The van der Waals surface area contributed by atoms with Crippen LogP contribution in [0.4, 0.5) is 10.1 Å². The van der Waals surface area contributed by atoms with Crippen LogP contribution in [0.3, 0.4) is 0 Å². The summed E-state index contributed by atoms with van der Waals surface area (Å²) in [6.07, 6.45) is 0.0736. The van der Waals surface area contributed by atoms with Gasteiger partial charge in [-0.05, 0) is 54.8 Å². The first-order valence-electron chi connectivity index (χ1n) is 10.2. The van der Waals surface area contributed by atoms with Crippen LogP contribution in [0.5, 0.6) is 0 Å². The van der Waals surface area contributed by atoms with Crippen LogP contribution >= 0.6 is 0 Å². The third-order valence-corrected chi connectivity index (χ3v) is 5.17. The number of benzene rings is 3. The van der Waals surface area contributed by atoms with E-state index in [1.807, 2.05) is 24.3 Å². The Morgan fingerprint density at radius 3 is 1.91 bits per heavy atom. The highest BCUT2D eigenvalue weighted by molar-refractivity contribution is 5.99. The number of ketones is 1. The van der Waals surface area contributed by atoms with E-state index in [-0.39, 0.29) is 30.3 Å². The molecule has 0 saturated heterocycles. The van der Waals surface area contributed by atoms with Crippen LogP contribution in [0.2, 0.25) is 0 Å². The van der Waals surface area contributed by atoms with Crippen molar-refractivity contribution in [3.63, 3.8) is 0 Å². The average Bonchev–Trinajstić information content (AvgIpc) is 2.75. The second kappa shape index (κ2) is 9.56. The molecule has 0 atom stereocenters. The molecule has 6 heteroatoms. The summed E-state index contributed by atoms with van der Waals surface area (Å²) in [4.78, 5) is 35.8. The first kappa shape index (κ1) is 22.9. The number of carboxylic acid groups (broad SMARTS) is 1. The number of aliphatic carboxylic acids is 1. The fourth-order valence-electron chi connectivity index (χ4n) is 3.17. The van der Waals surface area contributed by atoms with Crippen LogP contribution in [-0.2, 0) is 16.0 Å². The molecule has 3 rings (SSSR count). The Morgan fingerprint density at radius 2 is 1.38 bits per heavy atom. The van der Waals surface area contributed by atoms with Gasteiger partial charge < -0.3 is 10.4 Å². The molecule has 3 aromatic rings. The molecule has 0 aliphatic rings. The molecule has 5 nitrogen and oxygen atoms in total. The van der Waals surface area contributed by atoms with Crippen LogP contribution in [0.1, 0.15) is 36.2 Å². The lowest BCUT2D eigenvalue weighted by molar-refractivity contribution is -0.146. The van der Waals surface area contributed by atoms with Gasteiger partial charge >= 0.3 is 5.97 Å². The molecule has 0 bridgehead atoms. The minimum atomic E-state index is -1.12. The number of Topliss-reactive ketones (excluding diaryl/α,β-unsaturated/α-hetero) is 1. The third-order valence-electron chi connectivity index (χ3n) is 5.17. The molecule has 2 N–H and O–H groups in total. The summed E-state index contributed by atoms with van der Waals surface area (Å²) < 4.78 is 13.0. The molecule has 0 spiro atoms. The van der Waals surface area contributed by atoms with E-state index in [0.29, 0.717) is 11.3 Å². The fraction of sp³-hybridized carbons (Fsp3) is 0.192. The predicted octanol–water partition coefficient (Wildman–Crippen LogP) is 5.36. The lowest BCUT2D eigenvalue weighted by Gasteiger charge is -2.17. The second-order valence-corrected chi connectivity index (χ2v) is 8.30. The standard InChI is InChI=1S/C26H24FNO4/c1-26(2,25(31)32)16-23(29)20-7-5-18(6-8-20)19-9-13-22(14-10-19)28-24(30)15-17-3-11-21(27)12-4-17/h3-14H,15-16H2,1-2H3,(H,28,30)(H,31,32). The van der Waals surface area contributed by atoms with Crippen molar-refractivity contribution < 1.29 is 23.9 Å². The fourth-order valence-corrected chi connectivity index (χ4v) is 3.17. The van der Waals surface area contributed by atoms with Crippen molar-refractivity contribution in [2.45, 2.75) is 26.7 Å². The molecule has 0 saturated carbocycles. The number of nitrogens with one attached hydrogen (secondary N) is 1. The second-order valence-electron chi connectivity index (χ2n) is 8.30. The lowest BCUT2D eigenvalue weighted by Crippen LogP contribution is -2.26. The van der Waals surface area contributed by atoms with E-state index in [2.05, 4.69) is 5.32 Å². The van der Waals surface area contributed by atoms with Gasteiger partial charge in [-0.1, -0.05) is 48.5 Å². The lowest BCUT2D eigenvalue weighted by atomic mass is 9.85. The van der Waals surface area contributed by atoms with Gasteiger partial charge in [0.05, 0.1) is 11.8 Å². The predicted molar refractivity (Wildman–Crippen MR) is 121 cm³/mol. The van der Waals surface area contributed by atoms with Crippen LogP contribution in [0.25, 0.3) is 11.1 Å².